The van der Waals surface area contributed by atoms with Crippen molar-refractivity contribution >= 4 is 5.91 Å². The lowest BCUT2D eigenvalue weighted by atomic mass is 9.92. The SMILES string of the molecule is O=C(N[C@H]1CCCC[C@@H]1O)c1cc(-c2ccc(O)cc2)n[nH]1. The minimum atomic E-state index is -0.475. The summed E-state index contributed by atoms with van der Waals surface area (Å²) in [6, 6.07) is 8.08. The molecular formula is C16H19N3O3. The van der Waals surface area contributed by atoms with Crippen molar-refractivity contribution in [2.45, 2.75) is 37.8 Å². The Kier molecular flexibility index (Phi) is 4.11. The van der Waals surface area contributed by atoms with E-state index in [1.54, 1.807) is 30.3 Å². The second kappa shape index (κ2) is 6.19. The first-order valence-electron chi connectivity index (χ1n) is 7.47. The van der Waals surface area contributed by atoms with Gasteiger partial charge in [0.25, 0.3) is 5.91 Å². The fraction of sp³-hybridized carbons (Fsp3) is 0.375. The lowest BCUT2D eigenvalue weighted by Crippen LogP contribution is -2.45. The fourth-order valence-corrected chi connectivity index (χ4v) is 2.74. The van der Waals surface area contributed by atoms with Gasteiger partial charge in [-0.15, -0.1) is 0 Å². The Labute approximate surface area is 128 Å². The normalized spacial score (nSPS) is 21.5. The van der Waals surface area contributed by atoms with E-state index in [1.807, 2.05) is 0 Å². The third-order valence-electron chi connectivity index (χ3n) is 4.03. The molecule has 1 amide bonds. The van der Waals surface area contributed by atoms with Crippen molar-refractivity contribution in [3.63, 3.8) is 0 Å². The standard InChI is InChI=1S/C16H19N3O3/c20-11-7-5-10(6-8-11)13-9-14(19-18-13)16(22)17-12-3-1-2-4-15(12)21/h5-9,12,15,20-21H,1-4H2,(H,17,22)(H,18,19)/t12-,15-/m0/s1. The van der Waals surface area contributed by atoms with Crippen LogP contribution in [0.25, 0.3) is 11.3 Å². The first-order valence-corrected chi connectivity index (χ1v) is 7.47. The molecule has 22 heavy (non-hydrogen) atoms. The highest BCUT2D eigenvalue weighted by Crippen LogP contribution is 2.21. The van der Waals surface area contributed by atoms with E-state index in [9.17, 15) is 15.0 Å². The number of carbonyl (C=O) groups excluding carboxylic acids is 1. The molecule has 0 radical (unpaired) electrons. The summed E-state index contributed by atoms with van der Waals surface area (Å²) in [5.41, 5.74) is 1.81. The lowest BCUT2D eigenvalue weighted by Gasteiger charge is -2.28. The zero-order chi connectivity index (χ0) is 15.5. The molecule has 2 atom stereocenters. The predicted octanol–water partition coefficient (Wildman–Crippen LogP) is 1.82. The van der Waals surface area contributed by atoms with Crippen LogP contribution in [0.15, 0.2) is 30.3 Å². The average molecular weight is 301 g/mol. The molecule has 6 heteroatoms. The fourth-order valence-electron chi connectivity index (χ4n) is 2.74. The summed E-state index contributed by atoms with van der Waals surface area (Å²) in [5.74, 6) is -0.0768. The number of aliphatic hydroxyl groups excluding tert-OH is 1. The van der Waals surface area contributed by atoms with Crippen LogP contribution in [0.4, 0.5) is 0 Å². The Morgan fingerprint density at radius 3 is 2.68 bits per heavy atom. The number of aromatic hydroxyl groups is 1. The van der Waals surface area contributed by atoms with Crippen LogP contribution in [0.3, 0.4) is 0 Å². The molecule has 0 saturated heterocycles. The van der Waals surface area contributed by atoms with E-state index in [0.29, 0.717) is 11.4 Å². The molecule has 116 valence electrons. The number of carbonyl (C=O) groups is 1. The van der Waals surface area contributed by atoms with Crippen LogP contribution in [-0.4, -0.2) is 38.5 Å². The third kappa shape index (κ3) is 3.12. The van der Waals surface area contributed by atoms with Gasteiger partial charge in [-0.25, -0.2) is 0 Å². The quantitative estimate of drug-likeness (QED) is 0.695. The van der Waals surface area contributed by atoms with Gasteiger partial charge in [0.1, 0.15) is 11.4 Å². The highest BCUT2D eigenvalue weighted by molar-refractivity contribution is 5.93. The van der Waals surface area contributed by atoms with Crippen LogP contribution in [0.1, 0.15) is 36.2 Å². The largest absolute Gasteiger partial charge is 0.508 e. The Bertz CT molecular complexity index is 651. The van der Waals surface area contributed by atoms with Gasteiger partial charge >= 0.3 is 0 Å². The van der Waals surface area contributed by atoms with Gasteiger partial charge < -0.3 is 15.5 Å². The molecule has 2 aromatic rings. The topological polar surface area (TPSA) is 98.2 Å². The Balaban J connectivity index is 1.70. The number of H-pyrrole nitrogens is 1. The van der Waals surface area contributed by atoms with Crippen molar-refractivity contribution < 1.29 is 15.0 Å². The zero-order valence-electron chi connectivity index (χ0n) is 12.1. The van der Waals surface area contributed by atoms with Gasteiger partial charge in [0.05, 0.1) is 17.8 Å². The van der Waals surface area contributed by atoms with Crippen LogP contribution in [0.5, 0.6) is 5.75 Å². The van der Waals surface area contributed by atoms with Gasteiger partial charge in [0.15, 0.2) is 0 Å². The maximum atomic E-state index is 12.2. The number of aromatic nitrogens is 2. The van der Waals surface area contributed by atoms with Crippen molar-refractivity contribution in [2.24, 2.45) is 0 Å². The summed E-state index contributed by atoms with van der Waals surface area (Å²) in [6.45, 7) is 0. The van der Waals surface area contributed by atoms with Crippen LogP contribution in [-0.2, 0) is 0 Å². The molecule has 4 N–H and O–H groups in total. The van der Waals surface area contributed by atoms with E-state index in [2.05, 4.69) is 15.5 Å². The summed E-state index contributed by atoms with van der Waals surface area (Å²) in [6.07, 6.45) is 3.07. The van der Waals surface area contributed by atoms with E-state index < -0.39 is 6.10 Å². The molecule has 0 spiro atoms. The average Bonchev–Trinajstić information content (AvgIpc) is 3.00. The highest BCUT2D eigenvalue weighted by Gasteiger charge is 2.25. The lowest BCUT2D eigenvalue weighted by molar-refractivity contribution is 0.0714. The number of benzene rings is 1. The molecule has 6 nitrogen and oxygen atoms in total. The molecule has 0 aliphatic heterocycles. The number of hydrogen-bond donors (Lipinski definition) is 4. The number of nitrogens with zero attached hydrogens (tertiary/aromatic N) is 1. The molecule has 1 aromatic carbocycles. The van der Waals surface area contributed by atoms with E-state index in [1.165, 1.54) is 0 Å². The Hall–Kier alpha value is -2.34. The summed E-state index contributed by atoms with van der Waals surface area (Å²) < 4.78 is 0. The molecule has 1 fully saturated rings. The first kappa shape index (κ1) is 14.6. The number of phenolic OH excluding ortho intramolecular Hbond substituents is 1. The minimum Gasteiger partial charge on any atom is -0.508 e. The Morgan fingerprint density at radius 2 is 1.95 bits per heavy atom. The maximum Gasteiger partial charge on any atom is 0.269 e. The van der Waals surface area contributed by atoms with Gasteiger partial charge in [0.2, 0.25) is 0 Å². The smallest absolute Gasteiger partial charge is 0.269 e. The van der Waals surface area contributed by atoms with E-state index in [4.69, 9.17) is 0 Å². The van der Waals surface area contributed by atoms with Gasteiger partial charge in [-0.1, -0.05) is 12.8 Å². The molecule has 1 aliphatic rings. The predicted molar refractivity (Wildman–Crippen MR) is 81.4 cm³/mol. The molecule has 1 aliphatic carbocycles. The zero-order valence-corrected chi connectivity index (χ0v) is 12.1. The molecule has 1 saturated carbocycles. The van der Waals surface area contributed by atoms with Crippen molar-refractivity contribution in [1.82, 2.24) is 15.5 Å². The number of hydrogen-bond acceptors (Lipinski definition) is 4. The van der Waals surface area contributed by atoms with E-state index in [0.717, 1.165) is 31.2 Å². The van der Waals surface area contributed by atoms with E-state index >= 15 is 0 Å². The molecule has 0 bridgehead atoms. The molecule has 3 rings (SSSR count). The van der Waals surface area contributed by atoms with Gasteiger partial charge in [-0.2, -0.15) is 5.10 Å². The second-order valence-electron chi connectivity index (χ2n) is 5.65. The van der Waals surface area contributed by atoms with Gasteiger partial charge in [0, 0.05) is 5.56 Å². The summed E-state index contributed by atoms with van der Waals surface area (Å²) in [5, 5.41) is 28.9. The van der Waals surface area contributed by atoms with E-state index in [-0.39, 0.29) is 17.7 Å². The molecular weight excluding hydrogens is 282 g/mol. The minimum absolute atomic E-state index is 0.184. The molecule has 1 aromatic heterocycles. The van der Waals surface area contributed by atoms with Crippen LogP contribution < -0.4 is 5.32 Å². The number of aromatic amines is 1. The molecule has 0 unspecified atom stereocenters. The summed E-state index contributed by atoms with van der Waals surface area (Å²) >= 11 is 0. The highest BCUT2D eigenvalue weighted by atomic mass is 16.3. The summed E-state index contributed by atoms with van der Waals surface area (Å²) in [7, 11) is 0. The van der Waals surface area contributed by atoms with Crippen LogP contribution >= 0.6 is 0 Å². The van der Waals surface area contributed by atoms with Gasteiger partial charge in [-0.05, 0) is 43.2 Å². The molecule has 1 heterocycles. The Morgan fingerprint density at radius 1 is 1.23 bits per heavy atom. The van der Waals surface area contributed by atoms with Crippen LogP contribution in [0, 0.1) is 0 Å². The van der Waals surface area contributed by atoms with Gasteiger partial charge in [-0.3, -0.25) is 9.89 Å². The van der Waals surface area contributed by atoms with Crippen LogP contribution in [0.2, 0.25) is 0 Å². The number of aliphatic hydroxyl groups is 1. The van der Waals surface area contributed by atoms with Crippen molar-refractivity contribution in [1.29, 1.82) is 0 Å². The monoisotopic (exact) mass is 301 g/mol. The number of rotatable bonds is 3. The first-order chi connectivity index (χ1) is 10.6. The third-order valence-corrected chi connectivity index (χ3v) is 4.03. The summed E-state index contributed by atoms with van der Waals surface area (Å²) in [4.78, 5) is 12.2. The van der Waals surface area contributed by atoms with Crippen molar-refractivity contribution in [3.05, 3.63) is 36.0 Å². The number of nitrogens with one attached hydrogen (secondary N) is 2. The van der Waals surface area contributed by atoms with Crippen molar-refractivity contribution in [2.75, 3.05) is 0 Å². The number of amides is 1. The van der Waals surface area contributed by atoms with Crippen molar-refractivity contribution in [3.8, 4) is 17.0 Å². The number of phenols is 1. The second-order valence-corrected chi connectivity index (χ2v) is 5.65. The maximum absolute atomic E-state index is 12.2.